The average Bonchev–Trinajstić information content (AvgIpc) is 3.92. The van der Waals surface area contributed by atoms with Crippen molar-refractivity contribution in [1.82, 2.24) is 34.1 Å². The number of fused-ring (bicyclic) bond motifs is 3. The Morgan fingerprint density at radius 1 is 0.797 bits per heavy atom. The van der Waals surface area contributed by atoms with Crippen molar-refractivity contribution in [1.29, 1.82) is 0 Å². The number of rotatable bonds is 14. The van der Waals surface area contributed by atoms with Crippen molar-refractivity contribution >= 4 is 80.6 Å². The van der Waals surface area contributed by atoms with Crippen LogP contribution in [0.2, 0.25) is 0 Å². The summed E-state index contributed by atoms with van der Waals surface area (Å²) in [6.07, 6.45) is -9.41. The Morgan fingerprint density at radius 3 is 2.09 bits per heavy atom. The van der Waals surface area contributed by atoms with Crippen LogP contribution in [-0.2, 0) is 47.9 Å². The second-order valence-corrected chi connectivity index (χ2v) is 19.0. The first-order chi connectivity index (χ1) is 30.1. The number of nitrogens with one attached hydrogen (secondary N) is 2. The summed E-state index contributed by atoms with van der Waals surface area (Å²) in [4.78, 5) is 72.4. The molecule has 2 aromatic carbocycles. The molecule has 31 heteroatoms. The SMILES string of the molecule is Cn1c(/C=C\c2ccc3ccccc3c2)[n+]([C@@H]2O[C@H](COP(=O)(O)OP(=O)(O)OP(=O)(O)OC[C@H]3O[C@@H](n4cnc5c(=O)[nH]c(N)nc54)[C@H](O)[C@@H]3O)[C@@H](O)[C@H]2O)c2nc(N)[nH]c(=O)c21. The Morgan fingerprint density at radius 2 is 1.41 bits per heavy atom. The van der Waals surface area contributed by atoms with E-state index in [2.05, 4.69) is 38.1 Å². The zero-order valence-corrected chi connectivity index (χ0v) is 35.3. The number of aromatic amines is 2. The average molecular weight is 956 g/mol. The van der Waals surface area contributed by atoms with Gasteiger partial charge >= 0.3 is 29.1 Å². The number of ether oxygens (including phenoxy) is 2. The lowest BCUT2D eigenvalue weighted by Gasteiger charge is -2.21. The largest absolute Gasteiger partial charge is 0.490 e. The van der Waals surface area contributed by atoms with Gasteiger partial charge in [0.25, 0.3) is 17.1 Å². The summed E-state index contributed by atoms with van der Waals surface area (Å²) >= 11 is 0. The normalized spacial score (nSPS) is 26.8. The van der Waals surface area contributed by atoms with Gasteiger partial charge in [-0.3, -0.25) is 37.7 Å². The minimum atomic E-state index is -6.06. The molecular weight excluding hydrogens is 917 g/mol. The molecule has 3 unspecified atom stereocenters. The first-order valence-corrected chi connectivity index (χ1v) is 23.0. The maximum Gasteiger partial charge on any atom is 0.490 e. The van der Waals surface area contributed by atoms with Crippen LogP contribution < -0.4 is 27.2 Å². The number of hydrogen-bond donors (Lipinski definition) is 11. The van der Waals surface area contributed by atoms with Gasteiger partial charge in [0.15, 0.2) is 17.4 Å². The molecule has 0 aliphatic carbocycles. The maximum atomic E-state index is 13.1. The smallest absolute Gasteiger partial charge is 0.387 e. The van der Waals surface area contributed by atoms with Gasteiger partial charge in [0.05, 0.1) is 26.6 Å². The molecule has 0 bridgehead atoms. The van der Waals surface area contributed by atoms with E-state index in [1.807, 2.05) is 42.5 Å². The lowest BCUT2D eigenvalue weighted by molar-refractivity contribution is -0.747. The zero-order valence-electron chi connectivity index (χ0n) is 32.6. The highest BCUT2D eigenvalue weighted by Gasteiger charge is 2.51. The number of H-pyrrole nitrogens is 2. The number of aromatic nitrogens is 8. The molecule has 2 fully saturated rings. The van der Waals surface area contributed by atoms with Crippen molar-refractivity contribution in [3.8, 4) is 0 Å². The summed E-state index contributed by atoms with van der Waals surface area (Å²) in [6, 6.07) is 13.3. The Hall–Kier alpha value is -5.09. The third-order valence-corrected chi connectivity index (χ3v) is 14.4. The van der Waals surface area contributed by atoms with Crippen molar-refractivity contribution < 1.29 is 80.5 Å². The molecule has 0 amide bonds. The molecule has 13 N–H and O–H groups in total. The Balaban J connectivity index is 0.923. The molecule has 6 heterocycles. The number of nitrogens with zero attached hydrogens (tertiary/aromatic N) is 6. The fraction of sp³-hybridized carbons (Fsp3) is 0.333. The third-order valence-electron chi connectivity index (χ3n) is 10.1. The van der Waals surface area contributed by atoms with Crippen molar-refractivity contribution in [2.24, 2.45) is 7.05 Å². The summed E-state index contributed by atoms with van der Waals surface area (Å²) < 4.78 is 70.9. The summed E-state index contributed by atoms with van der Waals surface area (Å²) in [6.45, 7) is -2.23. The van der Waals surface area contributed by atoms with E-state index in [-0.39, 0.29) is 40.0 Å². The standard InChI is InChI=1S/C33H37N10O18P3/c1-41-19(9-7-14-6-8-15-4-2-3-5-16(15)10-14)43(27-21(41)29(49)40-33(35)38-27)31-25(47)23(45)18(59-31)12-57-63(52,53)61-64(54,55)60-62(50,51)56-11-17-22(44)24(46)30(58-17)42-13-36-20-26(42)37-32(34)39-28(20)48/h2-10,13,17-18,22-25,30-31,44-47H,11-12H2,1H3,(H8-,34,35,37,38,39,40,48,49,50,51,52,53,54,55)/p+1/b9-7-/t17-,18-,22-,23-,24-,25-,30-,31-/m1/s1. The number of hydrogen-bond acceptors (Lipinski definition) is 20. The van der Waals surface area contributed by atoms with Crippen LogP contribution in [0.5, 0.6) is 0 Å². The van der Waals surface area contributed by atoms with Crippen molar-refractivity contribution in [3.63, 3.8) is 0 Å². The van der Waals surface area contributed by atoms with Crippen LogP contribution in [0.25, 0.3) is 45.3 Å². The van der Waals surface area contributed by atoms with Crippen molar-refractivity contribution in [3.05, 3.63) is 80.9 Å². The van der Waals surface area contributed by atoms with Gasteiger partial charge in [-0.05, 0) is 28.5 Å². The summed E-state index contributed by atoms with van der Waals surface area (Å²) in [5.41, 5.74) is 10.3. The molecule has 4 aromatic heterocycles. The molecule has 0 saturated carbocycles. The molecule has 0 spiro atoms. The van der Waals surface area contributed by atoms with Crippen LogP contribution in [-0.4, -0.2) is 119 Å². The molecule has 2 aliphatic rings. The molecule has 6 aromatic rings. The number of aryl methyl sites for hydroxylation is 1. The van der Waals surface area contributed by atoms with Crippen LogP contribution in [0.4, 0.5) is 11.9 Å². The first-order valence-electron chi connectivity index (χ1n) is 18.5. The highest BCUT2D eigenvalue weighted by atomic mass is 31.3. The first kappa shape index (κ1) is 45.5. The van der Waals surface area contributed by atoms with Crippen molar-refractivity contribution in [2.45, 2.75) is 49.1 Å². The van der Waals surface area contributed by atoms with Gasteiger partial charge in [-0.15, -0.1) is 0 Å². The highest BCUT2D eigenvalue weighted by molar-refractivity contribution is 7.66. The Bertz CT molecular complexity index is 3090. The van der Waals surface area contributed by atoms with Crippen LogP contribution in [0.15, 0.2) is 58.4 Å². The molecule has 0 radical (unpaired) electrons. The number of nitrogens with two attached hydrogens (primary N) is 2. The topological polar surface area (TPSA) is 418 Å². The van der Waals surface area contributed by atoms with E-state index < -0.39 is 96.9 Å². The Labute approximate surface area is 356 Å². The van der Waals surface area contributed by atoms with Gasteiger partial charge in [-0.2, -0.15) is 18.2 Å². The van der Waals surface area contributed by atoms with Gasteiger partial charge in [0, 0.05) is 6.08 Å². The number of nitrogen functional groups attached to an aromatic ring is 2. The predicted octanol–water partition coefficient (Wildman–Crippen LogP) is -1.22. The summed E-state index contributed by atoms with van der Waals surface area (Å²) in [7, 11) is -16.1. The van der Waals surface area contributed by atoms with Crippen LogP contribution >= 0.6 is 23.5 Å². The quantitative estimate of drug-likeness (QED) is 0.0450. The lowest BCUT2D eigenvalue weighted by Crippen LogP contribution is -2.48. The van der Waals surface area contributed by atoms with Gasteiger partial charge in [0.1, 0.15) is 36.6 Å². The third kappa shape index (κ3) is 8.96. The van der Waals surface area contributed by atoms with Crippen LogP contribution in [0, 0.1) is 0 Å². The number of phosphoric acid groups is 3. The summed E-state index contributed by atoms with van der Waals surface area (Å²) in [5, 5.41) is 45.3. The zero-order chi connectivity index (χ0) is 46.0. The van der Waals surface area contributed by atoms with Crippen LogP contribution in [0.1, 0.15) is 23.8 Å². The molecule has 342 valence electrons. The molecule has 28 nitrogen and oxygen atoms in total. The number of imidazole rings is 2. The minimum absolute atomic E-state index is 0.0197. The maximum absolute atomic E-state index is 13.1. The van der Waals surface area contributed by atoms with Crippen LogP contribution in [0.3, 0.4) is 0 Å². The van der Waals surface area contributed by atoms with E-state index in [1.165, 1.54) is 16.2 Å². The second kappa shape index (κ2) is 17.0. The second-order valence-electron chi connectivity index (χ2n) is 14.4. The number of aliphatic hydroxyl groups excluding tert-OH is 4. The van der Waals surface area contributed by atoms with E-state index in [0.717, 1.165) is 27.2 Å². The van der Waals surface area contributed by atoms with E-state index >= 15 is 0 Å². The van der Waals surface area contributed by atoms with E-state index in [4.69, 9.17) is 25.5 Å². The molecule has 8 rings (SSSR count). The van der Waals surface area contributed by atoms with Crippen molar-refractivity contribution in [2.75, 3.05) is 24.7 Å². The lowest BCUT2D eigenvalue weighted by atomic mass is 10.1. The van der Waals surface area contributed by atoms with E-state index in [9.17, 15) is 58.4 Å². The van der Waals surface area contributed by atoms with Gasteiger partial charge in [-0.1, -0.05) is 41.4 Å². The number of aliphatic hydroxyl groups is 4. The van der Waals surface area contributed by atoms with E-state index in [1.54, 1.807) is 12.2 Å². The monoisotopic (exact) mass is 955 g/mol. The molecule has 64 heavy (non-hydrogen) atoms. The number of benzene rings is 2. The fourth-order valence-corrected chi connectivity index (χ4v) is 10.7. The fourth-order valence-electron chi connectivity index (χ4n) is 7.22. The molecule has 2 aliphatic heterocycles. The van der Waals surface area contributed by atoms with E-state index in [0.29, 0.717) is 0 Å². The predicted molar refractivity (Wildman–Crippen MR) is 217 cm³/mol. The molecule has 11 atom stereocenters. The number of phosphoric ester groups is 2. The van der Waals surface area contributed by atoms with Gasteiger partial charge in [0.2, 0.25) is 23.5 Å². The summed E-state index contributed by atoms with van der Waals surface area (Å²) in [5.74, 6) is -0.416. The Kier molecular flexibility index (Phi) is 12.1. The number of anilines is 2. The minimum Gasteiger partial charge on any atom is -0.387 e. The van der Waals surface area contributed by atoms with Gasteiger partial charge in [-0.25, -0.2) is 18.7 Å². The highest BCUT2D eigenvalue weighted by Crippen LogP contribution is 2.68. The molecule has 2 saturated heterocycles. The van der Waals surface area contributed by atoms with Gasteiger partial charge < -0.3 is 56.0 Å². The molecular formula is C33H38N10O18P3+.